The van der Waals surface area contributed by atoms with Gasteiger partial charge in [-0.2, -0.15) is 0 Å². The van der Waals surface area contributed by atoms with Gasteiger partial charge >= 0.3 is 0 Å². The average molecular weight is 411 g/mol. The molecule has 154 valence electrons. The molecule has 29 heavy (non-hydrogen) atoms. The van der Waals surface area contributed by atoms with Crippen molar-refractivity contribution < 1.29 is 4.79 Å². The molecule has 1 aliphatic carbocycles. The number of aryl methyl sites for hydroxylation is 1. The number of hydrogen-bond acceptors (Lipinski definition) is 6. The van der Waals surface area contributed by atoms with Gasteiger partial charge in [-0.15, -0.1) is 0 Å². The third-order valence-electron chi connectivity index (χ3n) is 5.87. The van der Waals surface area contributed by atoms with Crippen molar-refractivity contribution in [1.82, 2.24) is 9.97 Å². The first-order valence-corrected chi connectivity index (χ1v) is 11.2. The number of anilines is 1. The van der Waals surface area contributed by atoms with Gasteiger partial charge in [-0.1, -0.05) is 49.2 Å². The van der Waals surface area contributed by atoms with Crippen molar-refractivity contribution in [2.24, 2.45) is 17.0 Å². The monoisotopic (exact) mass is 410 g/mol. The van der Waals surface area contributed by atoms with Gasteiger partial charge in [0.2, 0.25) is 0 Å². The molecule has 2 aromatic rings. The Morgan fingerprint density at radius 2 is 2.10 bits per heavy atom. The van der Waals surface area contributed by atoms with Gasteiger partial charge in [-0.3, -0.25) is 9.93 Å². The predicted molar refractivity (Wildman–Crippen MR) is 122 cm³/mol. The molecule has 6 heteroatoms. The van der Waals surface area contributed by atoms with Crippen molar-refractivity contribution >= 4 is 29.1 Å². The number of benzene rings is 1. The molecule has 0 spiro atoms. The van der Waals surface area contributed by atoms with Crippen LogP contribution in [0.25, 0.3) is 5.57 Å². The van der Waals surface area contributed by atoms with Crippen LogP contribution in [0, 0.1) is 18.8 Å². The van der Waals surface area contributed by atoms with E-state index in [-0.39, 0.29) is 5.78 Å². The number of nitrogens with zero attached hydrogens (tertiary/aromatic N) is 2. The molecule has 1 saturated carbocycles. The van der Waals surface area contributed by atoms with Crippen LogP contribution in [0.4, 0.5) is 5.82 Å². The number of ketones is 1. The lowest BCUT2D eigenvalue weighted by Crippen LogP contribution is -2.24. The Labute approximate surface area is 177 Å². The zero-order chi connectivity index (χ0) is 20.8. The standard InChI is InChI=1S/C23H30N4OS/c1-4-18(19-8-6-5-7-15(19)2)22(28)20-13-25-14-26-23(20)27-21-12-17(9-10-29-24)11-16(21)3/h4-8,13-14,16-17,21H,9-12,24H2,1-3H3,(H,25,26,27)/b18-4+/t16-,17?,21?/m1/s1. The third kappa shape index (κ3) is 5.06. The van der Waals surface area contributed by atoms with Crippen LogP contribution in [0.5, 0.6) is 0 Å². The summed E-state index contributed by atoms with van der Waals surface area (Å²) >= 11 is 1.41. The highest BCUT2D eigenvalue weighted by Gasteiger charge is 2.32. The van der Waals surface area contributed by atoms with Crippen LogP contribution in [0.2, 0.25) is 0 Å². The summed E-state index contributed by atoms with van der Waals surface area (Å²) in [5.74, 6) is 2.76. The number of nitrogens with two attached hydrogens (primary N) is 1. The van der Waals surface area contributed by atoms with Crippen LogP contribution in [0.3, 0.4) is 0 Å². The van der Waals surface area contributed by atoms with E-state index < -0.39 is 0 Å². The highest BCUT2D eigenvalue weighted by atomic mass is 32.2. The van der Waals surface area contributed by atoms with E-state index in [0.29, 0.717) is 34.8 Å². The maximum atomic E-state index is 13.4. The normalized spacial score (nSPS) is 21.9. The molecule has 0 radical (unpaired) electrons. The zero-order valence-corrected chi connectivity index (χ0v) is 18.2. The summed E-state index contributed by atoms with van der Waals surface area (Å²) in [6.07, 6.45) is 8.39. The molecule has 0 amide bonds. The largest absolute Gasteiger partial charge is 0.366 e. The minimum atomic E-state index is -0.0494. The summed E-state index contributed by atoms with van der Waals surface area (Å²) < 4.78 is 0. The number of carbonyl (C=O) groups is 1. The highest BCUT2D eigenvalue weighted by molar-refractivity contribution is 7.97. The van der Waals surface area contributed by atoms with Crippen molar-refractivity contribution in [3.8, 4) is 0 Å². The van der Waals surface area contributed by atoms with Gasteiger partial charge in [0.15, 0.2) is 5.78 Å². The van der Waals surface area contributed by atoms with E-state index in [4.69, 9.17) is 5.14 Å². The topological polar surface area (TPSA) is 80.9 Å². The smallest absolute Gasteiger partial charge is 0.198 e. The molecule has 1 fully saturated rings. The quantitative estimate of drug-likeness (QED) is 0.366. The van der Waals surface area contributed by atoms with Gasteiger partial charge in [-0.25, -0.2) is 9.97 Å². The van der Waals surface area contributed by atoms with E-state index in [0.717, 1.165) is 29.7 Å². The summed E-state index contributed by atoms with van der Waals surface area (Å²) in [6.45, 7) is 6.18. The van der Waals surface area contributed by atoms with Gasteiger partial charge in [0.05, 0.1) is 5.56 Å². The molecule has 1 heterocycles. The van der Waals surface area contributed by atoms with Crippen LogP contribution < -0.4 is 10.5 Å². The number of Topliss-reactive ketones (excluding diaryl/α,β-unsaturated/α-hetero) is 1. The van der Waals surface area contributed by atoms with Gasteiger partial charge in [0.1, 0.15) is 12.1 Å². The molecule has 1 aromatic heterocycles. The number of aromatic nitrogens is 2. The number of nitrogens with one attached hydrogen (secondary N) is 1. The van der Waals surface area contributed by atoms with E-state index in [1.807, 2.05) is 44.2 Å². The van der Waals surface area contributed by atoms with E-state index >= 15 is 0 Å². The van der Waals surface area contributed by atoms with Gasteiger partial charge < -0.3 is 5.32 Å². The number of rotatable bonds is 8. The SMILES string of the molecule is C/C=C(/C(=O)c1cncnc1NC1CC(CCSN)C[C@H]1C)c1ccccc1C. The fourth-order valence-electron chi connectivity index (χ4n) is 4.26. The predicted octanol–water partition coefficient (Wildman–Crippen LogP) is 4.89. The highest BCUT2D eigenvalue weighted by Crippen LogP contribution is 2.36. The van der Waals surface area contributed by atoms with Crippen molar-refractivity contribution in [3.05, 3.63) is 59.6 Å². The molecule has 2 unspecified atom stereocenters. The van der Waals surface area contributed by atoms with Gasteiger partial charge in [-0.05, 0) is 56.1 Å². The average Bonchev–Trinajstić information content (AvgIpc) is 3.08. The lowest BCUT2D eigenvalue weighted by Gasteiger charge is -2.20. The number of allylic oxidation sites excluding steroid dienone is 2. The first kappa shape index (κ1) is 21.5. The van der Waals surface area contributed by atoms with Gasteiger partial charge in [0, 0.05) is 23.6 Å². The lowest BCUT2D eigenvalue weighted by molar-refractivity contribution is 0.105. The molecule has 3 rings (SSSR count). The number of carbonyl (C=O) groups excluding carboxylic acids is 1. The molecule has 3 N–H and O–H groups in total. The fraction of sp³-hybridized carbons (Fsp3) is 0.435. The van der Waals surface area contributed by atoms with Crippen LogP contribution in [0.15, 0.2) is 42.9 Å². The molecule has 0 aliphatic heterocycles. The minimum absolute atomic E-state index is 0.0494. The van der Waals surface area contributed by atoms with Crippen molar-refractivity contribution in [2.75, 3.05) is 11.1 Å². The van der Waals surface area contributed by atoms with Gasteiger partial charge in [0.25, 0.3) is 0 Å². The van der Waals surface area contributed by atoms with Crippen LogP contribution in [0.1, 0.15) is 54.6 Å². The van der Waals surface area contributed by atoms with Crippen molar-refractivity contribution in [1.29, 1.82) is 0 Å². The second-order valence-electron chi connectivity index (χ2n) is 7.86. The Morgan fingerprint density at radius 3 is 2.83 bits per heavy atom. The first-order chi connectivity index (χ1) is 14.0. The summed E-state index contributed by atoms with van der Waals surface area (Å²) in [6, 6.07) is 8.25. The molecule has 3 atom stereocenters. The molecule has 0 bridgehead atoms. The molecule has 5 nitrogen and oxygen atoms in total. The molecule has 1 aliphatic rings. The van der Waals surface area contributed by atoms with Crippen molar-refractivity contribution in [3.63, 3.8) is 0 Å². The summed E-state index contributed by atoms with van der Waals surface area (Å²) in [7, 11) is 0. The van der Waals surface area contributed by atoms with E-state index in [1.54, 1.807) is 6.20 Å². The van der Waals surface area contributed by atoms with E-state index in [9.17, 15) is 4.79 Å². The molecule has 1 aromatic carbocycles. The summed E-state index contributed by atoms with van der Waals surface area (Å²) in [5.41, 5.74) is 3.23. The van der Waals surface area contributed by atoms with Crippen molar-refractivity contribution in [2.45, 2.75) is 46.1 Å². The van der Waals surface area contributed by atoms with Crippen LogP contribution in [-0.2, 0) is 0 Å². The Morgan fingerprint density at radius 1 is 1.31 bits per heavy atom. The Balaban J connectivity index is 1.82. The van der Waals surface area contributed by atoms with Crippen LogP contribution in [-0.4, -0.2) is 27.5 Å². The molecular formula is C23H30N4OS. The second-order valence-corrected chi connectivity index (χ2v) is 8.60. The van der Waals surface area contributed by atoms with E-state index in [2.05, 4.69) is 22.2 Å². The third-order valence-corrected chi connectivity index (χ3v) is 6.34. The minimum Gasteiger partial charge on any atom is -0.366 e. The molecular weight excluding hydrogens is 380 g/mol. The Bertz CT molecular complexity index is 883. The van der Waals surface area contributed by atoms with Crippen LogP contribution >= 0.6 is 11.9 Å². The number of hydrogen-bond donors (Lipinski definition) is 2. The summed E-state index contributed by atoms with van der Waals surface area (Å²) in [4.78, 5) is 22.0. The Hall–Kier alpha value is -2.18. The fourth-order valence-corrected chi connectivity index (χ4v) is 4.73. The summed E-state index contributed by atoms with van der Waals surface area (Å²) in [5, 5.41) is 9.15. The zero-order valence-electron chi connectivity index (χ0n) is 17.4. The maximum absolute atomic E-state index is 13.4. The van der Waals surface area contributed by atoms with E-state index in [1.165, 1.54) is 24.7 Å². The Kier molecular flexibility index (Phi) is 7.45. The second kappa shape index (κ2) is 10.0. The lowest BCUT2D eigenvalue weighted by atomic mass is 9.94. The maximum Gasteiger partial charge on any atom is 0.198 e. The first-order valence-electron chi connectivity index (χ1n) is 10.2. The molecule has 0 saturated heterocycles.